The van der Waals surface area contributed by atoms with Crippen molar-refractivity contribution in [2.24, 2.45) is 0 Å². The van der Waals surface area contributed by atoms with Crippen LogP contribution in [0.1, 0.15) is 24.3 Å². The number of carbonyl (C=O) groups excluding carboxylic acids is 1. The van der Waals surface area contributed by atoms with Gasteiger partial charge in [-0.1, -0.05) is 11.6 Å². The Balaban J connectivity index is 1.49. The Morgan fingerprint density at radius 2 is 1.94 bits per heavy atom. The first-order valence-electron chi connectivity index (χ1n) is 9.86. The highest BCUT2D eigenvalue weighted by Crippen LogP contribution is 2.30. The van der Waals surface area contributed by atoms with Gasteiger partial charge in [0.1, 0.15) is 11.5 Å². The molecule has 3 aromatic rings. The van der Waals surface area contributed by atoms with Gasteiger partial charge < -0.3 is 18.8 Å². The van der Waals surface area contributed by atoms with Crippen molar-refractivity contribution >= 4 is 23.6 Å². The summed E-state index contributed by atoms with van der Waals surface area (Å²) in [5.74, 6) is 2.00. The molecule has 0 unspecified atom stereocenters. The second-order valence-corrected chi connectivity index (χ2v) is 7.58. The third-order valence-electron chi connectivity index (χ3n) is 4.98. The topological polar surface area (TPSA) is 77.7 Å². The van der Waals surface area contributed by atoms with Crippen LogP contribution in [0.15, 0.2) is 53.0 Å². The molecule has 8 heteroatoms. The Labute approximate surface area is 185 Å². The van der Waals surface area contributed by atoms with Crippen molar-refractivity contribution in [1.29, 1.82) is 0 Å². The Morgan fingerprint density at radius 3 is 2.61 bits per heavy atom. The minimum absolute atomic E-state index is 0.126. The van der Waals surface area contributed by atoms with E-state index >= 15 is 0 Å². The average molecular weight is 440 g/mol. The average Bonchev–Trinajstić information content (AvgIpc) is 3.53. The first kappa shape index (κ1) is 20.9. The van der Waals surface area contributed by atoms with E-state index in [4.69, 9.17) is 25.5 Å². The number of carbonyl (C=O) groups is 1. The number of methoxy groups -OCH3 is 2. The largest absolute Gasteiger partial charge is 0.497 e. The zero-order valence-electron chi connectivity index (χ0n) is 17.2. The van der Waals surface area contributed by atoms with Gasteiger partial charge in [-0.3, -0.25) is 4.79 Å². The monoisotopic (exact) mass is 439 g/mol. The molecule has 1 heterocycles. The van der Waals surface area contributed by atoms with Gasteiger partial charge in [-0.15, -0.1) is 10.2 Å². The van der Waals surface area contributed by atoms with Gasteiger partial charge in [-0.2, -0.15) is 0 Å². The van der Waals surface area contributed by atoms with Gasteiger partial charge in [0.2, 0.25) is 17.7 Å². The summed E-state index contributed by atoms with van der Waals surface area (Å²) in [6.07, 6.45) is 5.18. The number of hydrogen-bond acceptors (Lipinski definition) is 6. The maximum atomic E-state index is 12.9. The molecule has 1 aliphatic rings. The van der Waals surface area contributed by atoms with E-state index in [0.717, 1.165) is 24.0 Å². The number of aromatic nitrogens is 2. The van der Waals surface area contributed by atoms with Gasteiger partial charge in [0, 0.05) is 28.3 Å². The molecular formula is C23H22ClN3O4. The molecule has 31 heavy (non-hydrogen) atoms. The van der Waals surface area contributed by atoms with Crippen molar-refractivity contribution in [2.45, 2.75) is 25.4 Å². The Morgan fingerprint density at radius 1 is 1.16 bits per heavy atom. The van der Waals surface area contributed by atoms with Crippen LogP contribution in [-0.4, -0.2) is 41.3 Å². The summed E-state index contributed by atoms with van der Waals surface area (Å²) in [6, 6.07) is 12.8. The molecule has 7 nitrogen and oxygen atoms in total. The van der Waals surface area contributed by atoms with Crippen LogP contribution in [0.4, 0.5) is 0 Å². The maximum absolute atomic E-state index is 12.9. The van der Waals surface area contributed by atoms with Crippen molar-refractivity contribution < 1.29 is 18.7 Å². The molecule has 1 saturated carbocycles. The molecule has 1 aromatic heterocycles. The Hall–Kier alpha value is -3.32. The quantitative estimate of drug-likeness (QED) is 0.477. The highest BCUT2D eigenvalue weighted by Gasteiger charge is 2.32. The maximum Gasteiger partial charge on any atom is 0.247 e. The summed E-state index contributed by atoms with van der Waals surface area (Å²) in [4.78, 5) is 14.7. The van der Waals surface area contributed by atoms with Gasteiger partial charge in [-0.25, -0.2) is 0 Å². The van der Waals surface area contributed by atoms with Crippen LogP contribution in [-0.2, 0) is 11.3 Å². The van der Waals surface area contributed by atoms with Crippen molar-refractivity contribution in [2.75, 3.05) is 14.2 Å². The van der Waals surface area contributed by atoms with Crippen molar-refractivity contribution in [3.63, 3.8) is 0 Å². The van der Waals surface area contributed by atoms with E-state index in [1.54, 1.807) is 43.4 Å². The lowest BCUT2D eigenvalue weighted by atomic mass is 10.1. The molecule has 1 fully saturated rings. The van der Waals surface area contributed by atoms with Crippen LogP contribution in [0.2, 0.25) is 5.02 Å². The first-order valence-corrected chi connectivity index (χ1v) is 10.2. The van der Waals surface area contributed by atoms with Crippen LogP contribution in [0.3, 0.4) is 0 Å². The molecule has 4 rings (SSSR count). The predicted octanol–water partition coefficient (Wildman–Crippen LogP) is 4.61. The van der Waals surface area contributed by atoms with Gasteiger partial charge in [0.15, 0.2) is 0 Å². The molecule has 0 aliphatic heterocycles. The highest BCUT2D eigenvalue weighted by atomic mass is 35.5. The number of ether oxygens (including phenoxy) is 2. The van der Waals surface area contributed by atoms with Crippen molar-refractivity contribution in [1.82, 2.24) is 15.1 Å². The Kier molecular flexibility index (Phi) is 6.23. The summed E-state index contributed by atoms with van der Waals surface area (Å²) < 4.78 is 16.4. The predicted molar refractivity (Wildman–Crippen MR) is 117 cm³/mol. The van der Waals surface area contributed by atoms with Gasteiger partial charge in [0.05, 0.1) is 20.8 Å². The second-order valence-electron chi connectivity index (χ2n) is 7.15. The van der Waals surface area contributed by atoms with Crippen molar-refractivity contribution in [3.05, 3.63) is 65.0 Å². The smallest absolute Gasteiger partial charge is 0.247 e. The van der Waals surface area contributed by atoms with Gasteiger partial charge in [-0.05, 0) is 61.4 Å². The van der Waals surface area contributed by atoms with E-state index < -0.39 is 0 Å². The standard InChI is InChI=1S/C23H22ClN3O4/c1-29-19-10-11-20(30-2)16(13-19)5-12-22(28)27(18-8-9-18)14-21-25-26-23(31-21)15-3-6-17(24)7-4-15/h3-7,10-13,18H,8-9,14H2,1-2H3/b12-5+. The number of benzene rings is 2. The normalized spacial score (nSPS) is 13.4. The summed E-state index contributed by atoms with van der Waals surface area (Å²) in [5.41, 5.74) is 1.53. The molecule has 0 atom stereocenters. The van der Waals surface area contributed by atoms with E-state index in [-0.39, 0.29) is 18.5 Å². The molecule has 0 bridgehead atoms. The van der Waals surface area contributed by atoms with E-state index in [0.29, 0.717) is 28.3 Å². The zero-order valence-corrected chi connectivity index (χ0v) is 18.0. The molecule has 160 valence electrons. The fourth-order valence-corrected chi connectivity index (χ4v) is 3.30. The molecule has 0 spiro atoms. The molecule has 1 amide bonds. The Bertz CT molecular complexity index is 1090. The fraction of sp³-hybridized carbons (Fsp3) is 0.261. The van der Waals surface area contributed by atoms with Crippen LogP contribution < -0.4 is 9.47 Å². The molecular weight excluding hydrogens is 418 g/mol. The van der Waals surface area contributed by atoms with Crippen LogP contribution in [0, 0.1) is 0 Å². The van der Waals surface area contributed by atoms with E-state index in [1.807, 2.05) is 24.3 Å². The molecule has 2 aromatic carbocycles. The van der Waals surface area contributed by atoms with Gasteiger partial charge >= 0.3 is 0 Å². The summed E-state index contributed by atoms with van der Waals surface area (Å²) in [5, 5.41) is 8.84. The lowest BCUT2D eigenvalue weighted by molar-refractivity contribution is -0.127. The number of hydrogen-bond donors (Lipinski definition) is 0. The summed E-state index contributed by atoms with van der Waals surface area (Å²) in [6.45, 7) is 0.254. The lowest BCUT2D eigenvalue weighted by Crippen LogP contribution is -2.31. The molecule has 1 aliphatic carbocycles. The molecule has 0 radical (unpaired) electrons. The second kappa shape index (κ2) is 9.22. The number of nitrogens with zero attached hydrogens (tertiary/aromatic N) is 3. The number of rotatable bonds is 8. The van der Waals surface area contributed by atoms with Crippen molar-refractivity contribution in [3.8, 4) is 23.0 Å². The lowest BCUT2D eigenvalue weighted by Gasteiger charge is -2.18. The third-order valence-corrected chi connectivity index (χ3v) is 5.23. The van der Waals surface area contributed by atoms with Crippen LogP contribution >= 0.6 is 11.6 Å². The number of amides is 1. The zero-order chi connectivity index (χ0) is 21.8. The number of halogens is 1. The minimum Gasteiger partial charge on any atom is -0.497 e. The van der Waals surface area contributed by atoms with Gasteiger partial charge in [0.25, 0.3) is 0 Å². The van der Waals surface area contributed by atoms with E-state index in [2.05, 4.69) is 10.2 Å². The fourth-order valence-electron chi connectivity index (χ4n) is 3.17. The first-order chi connectivity index (χ1) is 15.1. The minimum atomic E-state index is -0.126. The van der Waals surface area contributed by atoms with E-state index in [1.165, 1.54) is 6.08 Å². The highest BCUT2D eigenvalue weighted by molar-refractivity contribution is 6.30. The van der Waals surface area contributed by atoms with E-state index in [9.17, 15) is 4.79 Å². The summed E-state index contributed by atoms with van der Waals surface area (Å²) in [7, 11) is 3.18. The van der Waals surface area contributed by atoms with Crippen LogP contribution in [0.5, 0.6) is 11.5 Å². The molecule has 0 N–H and O–H groups in total. The SMILES string of the molecule is COc1ccc(OC)c(/C=C/C(=O)N(Cc2nnc(-c3ccc(Cl)cc3)o2)C2CC2)c1. The molecule has 0 saturated heterocycles. The van der Waals surface area contributed by atoms with Crippen LogP contribution in [0.25, 0.3) is 17.5 Å². The summed E-state index contributed by atoms with van der Waals surface area (Å²) >= 11 is 5.93. The third kappa shape index (κ3) is 5.06.